The summed E-state index contributed by atoms with van der Waals surface area (Å²) in [4.78, 5) is 15.8. The summed E-state index contributed by atoms with van der Waals surface area (Å²) in [5.41, 5.74) is 1.44. The molecule has 1 N–H and O–H groups in total. The van der Waals surface area contributed by atoms with Crippen LogP contribution in [0.5, 0.6) is 0 Å². The minimum atomic E-state index is -3.20. The number of imidazole rings is 1. The minimum Gasteiger partial charge on any atom is -0.358 e. The van der Waals surface area contributed by atoms with Crippen LogP contribution in [0.2, 0.25) is 0 Å². The molecule has 0 bridgehead atoms. The molecule has 1 heterocycles. The van der Waals surface area contributed by atoms with Crippen LogP contribution >= 0.6 is 0 Å². The fraction of sp³-hybridized carbons (Fsp3) is 0.333. The summed E-state index contributed by atoms with van der Waals surface area (Å²) in [7, 11) is -1.67. The summed E-state index contributed by atoms with van der Waals surface area (Å²) in [6.45, 7) is 0.0574. The zero-order valence-corrected chi connectivity index (χ0v) is 11.6. The second-order valence-electron chi connectivity index (χ2n) is 4.35. The average Bonchev–Trinajstić information content (AvgIpc) is 2.65. The first kappa shape index (κ1) is 13.5. The molecule has 19 heavy (non-hydrogen) atoms. The van der Waals surface area contributed by atoms with Crippen LogP contribution in [0.4, 0.5) is 0 Å². The molecule has 102 valence electrons. The van der Waals surface area contributed by atoms with Crippen LogP contribution in [0.25, 0.3) is 11.0 Å². The molecule has 1 amide bonds. The molecule has 0 atom stereocenters. The van der Waals surface area contributed by atoms with Crippen molar-refractivity contribution in [2.45, 2.75) is 12.3 Å². The molecule has 2 rings (SSSR count). The third-order valence-corrected chi connectivity index (χ3v) is 3.49. The van der Waals surface area contributed by atoms with Crippen LogP contribution < -0.4 is 5.32 Å². The van der Waals surface area contributed by atoms with Gasteiger partial charge in [-0.3, -0.25) is 4.79 Å². The lowest BCUT2D eigenvalue weighted by molar-refractivity contribution is -0.121. The second kappa shape index (κ2) is 5.00. The zero-order chi connectivity index (χ0) is 14.0. The first-order chi connectivity index (χ1) is 8.90. The van der Waals surface area contributed by atoms with Gasteiger partial charge in [-0.05, 0) is 12.1 Å². The van der Waals surface area contributed by atoms with Gasteiger partial charge >= 0.3 is 0 Å². The van der Waals surface area contributed by atoms with E-state index in [1.54, 1.807) is 10.6 Å². The molecular formula is C12H15N3O3S. The van der Waals surface area contributed by atoms with Crippen molar-refractivity contribution in [1.82, 2.24) is 14.9 Å². The lowest BCUT2D eigenvalue weighted by Gasteiger charge is -2.07. The van der Waals surface area contributed by atoms with Gasteiger partial charge in [-0.25, -0.2) is 13.4 Å². The highest BCUT2D eigenvalue weighted by Gasteiger charge is 2.16. The van der Waals surface area contributed by atoms with Gasteiger partial charge in [-0.2, -0.15) is 0 Å². The maximum Gasteiger partial charge on any atom is 0.239 e. The monoisotopic (exact) mass is 281 g/mol. The lowest BCUT2D eigenvalue weighted by atomic mass is 10.3. The number of carbonyl (C=O) groups is 1. The third kappa shape index (κ3) is 3.11. The molecular weight excluding hydrogens is 266 g/mol. The molecule has 0 aliphatic carbocycles. The molecule has 7 heteroatoms. The Labute approximate surface area is 111 Å². The van der Waals surface area contributed by atoms with Gasteiger partial charge in [0.25, 0.3) is 0 Å². The van der Waals surface area contributed by atoms with E-state index in [2.05, 4.69) is 10.3 Å². The number of nitrogens with zero attached hydrogens (tertiary/aromatic N) is 2. The molecule has 0 aliphatic rings. The van der Waals surface area contributed by atoms with Gasteiger partial charge in [0.15, 0.2) is 9.84 Å². The van der Waals surface area contributed by atoms with Crippen molar-refractivity contribution in [3.63, 3.8) is 0 Å². The summed E-state index contributed by atoms with van der Waals surface area (Å²) < 4.78 is 24.5. The second-order valence-corrected chi connectivity index (χ2v) is 6.49. The van der Waals surface area contributed by atoms with Crippen LogP contribution in [0, 0.1) is 0 Å². The number of amides is 1. The highest BCUT2D eigenvalue weighted by molar-refractivity contribution is 7.89. The van der Waals surface area contributed by atoms with E-state index < -0.39 is 9.84 Å². The van der Waals surface area contributed by atoms with Crippen LogP contribution in [0.1, 0.15) is 5.82 Å². The molecule has 6 nitrogen and oxygen atoms in total. The number of benzene rings is 1. The Balaban J connectivity index is 2.55. The van der Waals surface area contributed by atoms with E-state index in [-0.39, 0.29) is 18.2 Å². The number of aromatic nitrogens is 2. The fourth-order valence-electron chi connectivity index (χ4n) is 1.87. The zero-order valence-electron chi connectivity index (χ0n) is 10.8. The molecule has 0 saturated carbocycles. The van der Waals surface area contributed by atoms with Crippen molar-refractivity contribution < 1.29 is 13.2 Å². The van der Waals surface area contributed by atoms with Crippen molar-refractivity contribution >= 4 is 26.8 Å². The minimum absolute atomic E-state index is 0.0574. The molecule has 1 aromatic heterocycles. The number of hydrogen-bond acceptors (Lipinski definition) is 4. The SMILES string of the molecule is CNC(=O)Cn1c(CS(C)(=O)=O)nc2ccccc21. The van der Waals surface area contributed by atoms with Crippen molar-refractivity contribution in [2.75, 3.05) is 13.3 Å². The Morgan fingerprint density at radius 3 is 2.68 bits per heavy atom. The van der Waals surface area contributed by atoms with E-state index >= 15 is 0 Å². The topological polar surface area (TPSA) is 81.1 Å². The number of carbonyl (C=O) groups excluding carboxylic acids is 1. The maximum atomic E-state index is 11.5. The predicted molar refractivity (Wildman–Crippen MR) is 72.3 cm³/mol. The third-order valence-electron chi connectivity index (χ3n) is 2.71. The maximum absolute atomic E-state index is 11.5. The lowest BCUT2D eigenvalue weighted by Crippen LogP contribution is -2.25. The van der Waals surface area contributed by atoms with E-state index in [1.165, 1.54) is 7.05 Å². The molecule has 1 aromatic carbocycles. The van der Waals surface area contributed by atoms with Crippen molar-refractivity contribution in [2.24, 2.45) is 0 Å². The van der Waals surface area contributed by atoms with Gasteiger partial charge in [0.2, 0.25) is 5.91 Å². The van der Waals surface area contributed by atoms with E-state index in [1.807, 2.05) is 18.2 Å². The van der Waals surface area contributed by atoms with E-state index in [0.717, 1.165) is 11.8 Å². The Morgan fingerprint density at radius 1 is 1.37 bits per heavy atom. The van der Waals surface area contributed by atoms with Crippen LogP contribution in [0.3, 0.4) is 0 Å². The predicted octanol–water partition coefficient (Wildman–Crippen LogP) is 0.327. The number of likely N-dealkylation sites (N-methyl/N-ethyl adjacent to an activating group) is 1. The number of rotatable bonds is 4. The summed E-state index contributed by atoms with van der Waals surface area (Å²) in [6, 6.07) is 7.26. The van der Waals surface area contributed by atoms with Gasteiger partial charge in [0.05, 0.1) is 11.0 Å². The summed E-state index contributed by atoms with van der Waals surface area (Å²) >= 11 is 0. The average molecular weight is 281 g/mol. The smallest absolute Gasteiger partial charge is 0.239 e. The number of para-hydroxylation sites is 2. The Hall–Kier alpha value is -1.89. The largest absolute Gasteiger partial charge is 0.358 e. The fourth-order valence-corrected chi connectivity index (χ4v) is 2.56. The van der Waals surface area contributed by atoms with Crippen LogP contribution in [-0.4, -0.2) is 37.2 Å². The molecule has 0 unspecified atom stereocenters. The molecule has 0 aliphatic heterocycles. The normalized spacial score (nSPS) is 11.7. The highest BCUT2D eigenvalue weighted by atomic mass is 32.2. The number of fused-ring (bicyclic) bond motifs is 1. The molecule has 0 spiro atoms. The molecule has 0 saturated heterocycles. The first-order valence-corrected chi connectivity index (χ1v) is 7.79. The van der Waals surface area contributed by atoms with E-state index in [0.29, 0.717) is 11.3 Å². The van der Waals surface area contributed by atoms with Gasteiger partial charge < -0.3 is 9.88 Å². The highest BCUT2D eigenvalue weighted by Crippen LogP contribution is 2.17. The number of hydrogen-bond donors (Lipinski definition) is 1. The standard InChI is InChI=1S/C12H15N3O3S/c1-13-12(16)7-15-10-6-4-3-5-9(10)14-11(15)8-19(2,17)18/h3-6H,7-8H2,1-2H3,(H,13,16). The van der Waals surface area contributed by atoms with Gasteiger partial charge in [-0.15, -0.1) is 0 Å². The molecule has 0 fully saturated rings. The van der Waals surface area contributed by atoms with Crippen molar-refractivity contribution in [3.05, 3.63) is 30.1 Å². The summed E-state index contributed by atoms with van der Waals surface area (Å²) in [5, 5.41) is 2.52. The molecule has 2 aromatic rings. The van der Waals surface area contributed by atoms with Crippen LogP contribution in [0.15, 0.2) is 24.3 Å². The Morgan fingerprint density at radius 2 is 2.05 bits per heavy atom. The first-order valence-electron chi connectivity index (χ1n) is 5.73. The molecule has 0 radical (unpaired) electrons. The van der Waals surface area contributed by atoms with Gasteiger partial charge in [0, 0.05) is 13.3 Å². The summed E-state index contributed by atoms with van der Waals surface area (Å²) in [5.74, 6) is 0.00350. The Bertz CT molecular complexity index is 719. The number of nitrogens with one attached hydrogen (secondary N) is 1. The van der Waals surface area contributed by atoms with Gasteiger partial charge in [-0.1, -0.05) is 12.1 Å². The quantitative estimate of drug-likeness (QED) is 0.875. The van der Waals surface area contributed by atoms with Crippen molar-refractivity contribution in [1.29, 1.82) is 0 Å². The van der Waals surface area contributed by atoms with E-state index in [4.69, 9.17) is 0 Å². The number of sulfone groups is 1. The van der Waals surface area contributed by atoms with Gasteiger partial charge in [0.1, 0.15) is 18.1 Å². The van der Waals surface area contributed by atoms with Crippen molar-refractivity contribution in [3.8, 4) is 0 Å². The van der Waals surface area contributed by atoms with E-state index in [9.17, 15) is 13.2 Å². The van der Waals surface area contributed by atoms with Crippen LogP contribution in [-0.2, 0) is 26.9 Å². The Kier molecular flexibility index (Phi) is 3.57. The summed E-state index contributed by atoms with van der Waals surface area (Å²) in [6.07, 6.45) is 1.15.